The van der Waals surface area contributed by atoms with E-state index in [0.29, 0.717) is 29.7 Å². The van der Waals surface area contributed by atoms with Crippen molar-refractivity contribution in [2.45, 2.75) is 33.1 Å². The molecule has 0 bridgehead atoms. The summed E-state index contributed by atoms with van der Waals surface area (Å²) in [4.78, 5) is 12.2. The van der Waals surface area contributed by atoms with E-state index in [1.807, 2.05) is 24.3 Å². The smallest absolute Gasteiger partial charge is 0.412 e. The molecule has 0 aliphatic rings. The van der Waals surface area contributed by atoms with Crippen molar-refractivity contribution in [3.05, 3.63) is 30.3 Å². The predicted octanol–water partition coefficient (Wildman–Crippen LogP) is 4.77. The highest BCUT2D eigenvalue weighted by molar-refractivity contribution is 5.97. The Morgan fingerprint density at radius 3 is 2.44 bits per heavy atom. The predicted molar refractivity (Wildman–Crippen MR) is 99.8 cm³/mol. The molecule has 5 heteroatoms. The summed E-state index contributed by atoms with van der Waals surface area (Å²) in [6.45, 7) is 4.88. The van der Waals surface area contributed by atoms with E-state index >= 15 is 0 Å². The zero-order valence-electron chi connectivity index (χ0n) is 15.4. The summed E-state index contributed by atoms with van der Waals surface area (Å²) in [5.41, 5.74) is 0. The van der Waals surface area contributed by atoms with Gasteiger partial charge in [-0.15, -0.1) is 0 Å². The number of unbranched alkanes of at least 4 members (excludes halogenated alkanes) is 1. The Kier molecular flexibility index (Phi) is 6.92. The minimum Gasteiger partial charge on any atom is -0.496 e. The topological polar surface area (TPSA) is 56.8 Å². The molecule has 0 spiro atoms. The molecule has 136 valence electrons. The first kappa shape index (κ1) is 18.9. The molecular formula is C20H27NO4. The minimum atomic E-state index is -0.475. The van der Waals surface area contributed by atoms with E-state index in [9.17, 15) is 4.79 Å². The highest BCUT2D eigenvalue weighted by Crippen LogP contribution is 2.41. The Labute approximate surface area is 149 Å². The van der Waals surface area contributed by atoms with Crippen LogP contribution >= 0.6 is 0 Å². The molecule has 2 aromatic rings. The Balaban J connectivity index is 2.18. The quantitative estimate of drug-likeness (QED) is 0.748. The standard InChI is InChI=1S/C20H27NO4/c1-5-6-9-14(2)13-21-20(22)25-19-16-11-8-7-10-15(16)17(23-3)12-18(19)24-4/h7-8,10-12,14H,5-6,9,13H2,1-4H3,(H,21,22). The van der Waals surface area contributed by atoms with Crippen molar-refractivity contribution >= 4 is 16.9 Å². The van der Waals surface area contributed by atoms with Gasteiger partial charge in [0.25, 0.3) is 0 Å². The average Bonchev–Trinajstić information content (AvgIpc) is 2.64. The zero-order valence-corrected chi connectivity index (χ0v) is 15.4. The number of benzene rings is 2. The maximum atomic E-state index is 12.2. The zero-order chi connectivity index (χ0) is 18.2. The summed E-state index contributed by atoms with van der Waals surface area (Å²) >= 11 is 0. The van der Waals surface area contributed by atoms with Crippen LogP contribution in [0.3, 0.4) is 0 Å². The first-order valence-corrected chi connectivity index (χ1v) is 8.70. The van der Waals surface area contributed by atoms with E-state index in [2.05, 4.69) is 19.2 Å². The molecule has 0 aliphatic carbocycles. The van der Waals surface area contributed by atoms with E-state index in [-0.39, 0.29) is 0 Å². The lowest BCUT2D eigenvalue weighted by molar-refractivity contribution is 0.197. The second-order valence-corrected chi connectivity index (χ2v) is 6.17. The highest BCUT2D eigenvalue weighted by Gasteiger charge is 2.17. The second kappa shape index (κ2) is 9.16. The highest BCUT2D eigenvalue weighted by atomic mass is 16.6. The van der Waals surface area contributed by atoms with Gasteiger partial charge in [0.15, 0.2) is 11.5 Å². The van der Waals surface area contributed by atoms with Gasteiger partial charge in [-0.05, 0) is 12.3 Å². The molecule has 0 radical (unpaired) electrons. The summed E-state index contributed by atoms with van der Waals surface area (Å²) < 4.78 is 16.4. The first-order valence-electron chi connectivity index (χ1n) is 8.70. The van der Waals surface area contributed by atoms with Crippen molar-refractivity contribution in [2.75, 3.05) is 20.8 Å². The van der Waals surface area contributed by atoms with E-state index in [1.165, 1.54) is 0 Å². The van der Waals surface area contributed by atoms with Gasteiger partial charge in [-0.2, -0.15) is 0 Å². The van der Waals surface area contributed by atoms with Crippen LogP contribution in [0.15, 0.2) is 30.3 Å². The lowest BCUT2D eigenvalue weighted by Crippen LogP contribution is -2.31. The number of carbonyl (C=O) groups is 1. The molecule has 0 aromatic heterocycles. The average molecular weight is 345 g/mol. The van der Waals surface area contributed by atoms with Gasteiger partial charge in [-0.25, -0.2) is 4.79 Å². The third-order valence-corrected chi connectivity index (χ3v) is 4.20. The summed E-state index contributed by atoms with van der Waals surface area (Å²) in [5, 5.41) is 4.47. The van der Waals surface area contributed by atoms with Crippen molar-refractivity contribution in [2.24, 2.45) is 5.92 Å². The normalized spacial score (nSPS) is 11.8. The Morgan fingerprint density at radius 1 is 1.12 bits per heavy atom. The van der Waals surface area contributed by atoms with Crippen LogP contribution in [0.25, 0.3) is 10.8 Å². The van der Waals surface area contributed by atoms with Crippen molar-refractivity contribution < 1.29 is 19.0 Å². The molecule has 0 heterocycles. The molecule has 2 aromatic carbocycles. The molecule has 0 aliphatic heterocycles. The van der Waals surface area contributed by atoms with E-state index in [1.54, 1.807) is 20.3 Å². The monoisotopic (exact) mass is 345 g/mol. The van der Waals surface area contributed by atoms with Crippen LogP contribution in [-0.4, -0.2) is 26.9 Å². The number of methoxy groups -OCH3 is 2. The van der Waals surface area contributed by atoms with Crippen LogP contribution in [0.4, 0.5) is 4.79 Å². The molecule has 1 amide bonds. The fourth-order valence-corrected chi connectivity index (χ4v) is 2.76. The lowest BCUT2D eigenvalue weighted by atomic mass is 10.1. The summed E-state index contributed by atoms with van der Waals surface area (Å²) in [7, 11) is 3.15. The SMILES string of the molecule is CCCCC(C)CNC(=O)Oc1c(OC)cc(OC)c2ccccc12. The van der Waals surface area contributed by atoms with E-state index in [0.717, 1.165) is 30.0 Å². The van der Waals surface area contributed by atoms with Crippen molar-refractivity contribution in [1.82, 2.24) is 5.32 Å². The minimum absolute atomic E-state index is 0.401. The van der Waals surface area contributed by atoms with Gasteiger partial charge in [0.05, 0.1) is 14.2 Å². The lowest BCUT2D eigenvalue weighted by Gasteiger charge is -2.16. The Morgan fingerprint density at radius 2 is 1.80 bits per heavy atom. The molecule has 0 saturated carbocycles. The summed E-state index contributed by atoms with van der Waals surface area (Å²) in [5.74, 6) is 1.96. The first-order chi connectivity index (χ1) is 12.1. The van der Waals surface area contributed by atoms with Gasteiger partial charge < -0.3 is 19.5 Å². The van der Waals surface area contributed by atoms with Gasteiger partial charge in [0.2, 0.25) is 0 Å². The van der Waals surface area contributed by atoms with E-state index < -0.39 is 6.09 Å². The maximum Gasteiger partial charge on any atom is 0.412 e. The maximum absolute atomic E-state index is 12.2. The summed E-state index contributed by atoms with van der Waals surface area (Å²) in [6, 6.07) is 9.34. The Hall–Kier alpha value is -2.43. The van der Waals surface area contributed by atoms with Crippen LogP contribution in [-0.2, 0) is 0 Å². The molecule has 0 fully saturated rings. The van der Waals surface area contributed by atoms with Gasteiger partial charge in [-0.1, -0.05) is 51.0 Å². The van der Waals surface area contributed by atoms with Crippen molar-refractivity contribution in [3.8, 4) is 17.2 Å². The molecule has 5 nitrogen and oxygen atoms in total. The molecule has 25 heavy (non-hydrogen) atoms. The van der Waals surface area contributed by atoms with Crippen LogP contribution in [0.1, 0.15) is 33.1 Å². The molecule has 1 N–H and O–H groups in total. The van der Waals surface area contributed by atoms with Gasteiger partial charge in [0, 0.05) is 23.4 Å². The van der Waals surface area contributed by atoms with Gasteiger partial charge in [-0.3, -0.25) is 0 Å². The Bertz CT molecular complexity index is 714. The van der Waals surface area contributed by atoms with Crippen LogP contribution in [0.5, 0.6) is 17.2 Å². The number of rotatable bonds is 8. The third-order valence-electron chi connectivity index (χ3n) is 4.20. The summed E-state index contributed by atoms with van der Waals surface area (Å²) in [6.07, 6.45) is 2.93. The van der Waals surface area contributed by atoms with Crippen LogP contribution in [0, 0.1) is 5.92 Å². The largest absolute Gasteiger partial charge is 0.496 e. The van der Waals surface area contributed by atoms with E-state index in [4.69, 9.17) is 14.2 Å². The number of carbonyl (C=O) groups excluding carboxylic acids is 1. The van der Waals surface area contributed by atoms with Crippen LogP contribution < -0.4 is 19.5 Å². The second-order valence-electron chi connectivity index (χ2n) is 6.17. The molecule has 1 atom stereocenters. The number of nitrogens with one attached hydrogen (secondary N) is 1. The number of hydrogen-bond donors (Lipinski definition) is 1. The van der Waals surface area contributed by atoms with Crippen molar-refractivity contribution in [1.29, 1.82) is 0 Å². The van der Waals surface area contributed by atoms with Gasteiger partial charge >= 0.3 is 6.09 Å². The fraction of sp³-hybridized carbons (Fsp3) is 0.450. The van der Waals surface area contributed by atoms with Gasteiger partial charge in [0.1, 0.15) is 5.75 Å². The number of amides is 1. The molecule has 2 rings (SSSR count). The molecular weight excluding hydrogens is 318 g/mol. The third kappa shape index (κ3) is 4.78. The van der Waals surface area contributed by atoms with Crippen molar-refractivity contribution in [3.63, 3.8) is 0 Å². The van der Waals surface area contributed by atoms with Crippen LogP contribution in [0.2, 0.25) is 0 Å². The number of fused-ring (bicyclic) bond motifs is 1. The molecule has 0 saturated heterocycles. The number of ether oxygens (including phenoxy) is 3. The fourth-order valence-electron chi connectivity index (χ4n) is 2.76. The number of hydrogen-bond acceptors (Lipinski definition) is 4. The molecule has 1 unspecified atom stereocenters.